The van der Waals surface area contributed by atoms with Crippen molar-refractivity contribution < 1.29 is 4.79 Å². The molecule has 1 atom stereocenters. The molecule has 1 saturated heterocycles. The Morgan fingerprint density at radius 2 is 1.75 bits per heavy atom. The third-order valence-electron chi connectivity index (χ3n) is 4.94. The second-order valence-electron chi connectivity index (χ2n) is 6.83. The van der Waals surface area contributed by atoms with Crippen molar-refractivity contribution in [1.82, 2.24) is 15.5 Å². The predicted octanol–water partition coefficient (Wildman–Crippen LogP) is 3.38. The number of carbonyl (C=O) groups excluding carboxylic acids is 1. The van der Waals surface area contributed by atoms with Gasteiger partial charge in [-0.15, -0.1) is 24.0 Å². The lowest BCUT2D eigenvalue weighted by atomic mass is 9.99. The number of hydrogen-bond donors (Lipinski definition) is 2. The average molecular weight is 492 g/mol. The largest absolute Gasteiger partial charge is 0.356 e. The van der Waals surface area contributed by atoms with E-state index in [1.807, 2.05) is 30.3 Å². The SMILES string of the molecule is CN=C(NCCC(=O)NCc1ccccc1)N1CCC(c2ccccc2)C1.I. The maximum atomic E-state index is 12.0. The Balaban J connectivity index is 0.00000280. The molecule has 6 heteroatoms. The number of hydrogen-bond acceptors (Lipinski definition) is 2. The van der Waals surface area contributed by atoms with Crippen LogP contribution in [0.5, 0.6) is 0 Å². The quantitative estimate of drug-likeness (QED) is 0.370. The summed E-state index contributed by atoms with van der Waals surface area (Å²) in [5.41, 5.74) is 2.49. The molecule has 0 aromatic heterocycles. The second kappa shape index (κ2) is 11.7. The highest BCUT2D eigenvalue weighted by Crippen LogP contribution is 2.26. The Morgan fingerprint density at radius 3 is 2.43 bits per heavy atom. The van der Waals surface area contributed by atoms with E-state index in [9.17, 15) is 4.79 Å². The number of amides is 1. The van der Waals surface area contributed by atoms with Gasteiger partial charge in [0.1, 0.15) is 0 Å². The molecular formula is C22H29IN4O. The number of rotatable bonds is 6. The molecule has 1 aliphatic rings. The van der Waals surface area contributed by atoms with Crippen LogP contribution >= 0.6 is 24.0 Å². The van der Waals surface area contributed by atoms with E-state index in [-0.39, 0.29) is 29.9 Å². The van der Waals surface area contributed by atoms with Gasteiger partial charge in [-0.3, -0.25) is 9.79 Å². The summed E-state index contributed by atoms with van der Waals surface area (Å²) in [6.45, 7) is 3.10. The van der Waals surface area contributed by atoms with Gasteiger partial charge in [-0.05, 0) is 17.5 Å². The van der Waals surface area contributed by atoms with E-state index >= 15 is 0 Å². The number of halogens is 1. The first-order valence-electron chi connectivity index (χ1n) is 9.57. The Kier molecular flexibility index (Phi) is 9.27. The Hall–Kier alpha value is -2.09. The monoisotopic (exact) mass is 492 g/mol. The average Bonchev–Trinajstić information content (AvgIpc) is 3.21. The minimum Gasteiger partial charge on any atom is -0.356 e. The molecule has 1 heterocycles. The summed E-state index contributed by atoms with van der Waals surface area (Å²) in [5.74, 6) is 1.47. The van der Waals surface area contributed by atoms with Gasteiger partial charge in [0.05, 0.1) is 0 Å². The summed E-state index contributed by atoms with van der Waals surface area (Å²) in [5, 5.41) is 6.28. The Labute approximate surface area is 184 Å². The zero-order valence-electron chi connectivity index (χ0n) is 16.3. The van der Waals surface area contributed by atoms with Crippen LogP contribution in [0.15, 0.2) is 65.7 Å². The van der Waals surface area contributed by atoms with Crippen LogP contribution in [-0.4, -0.2) is 43.4 Å². The van der Waals surface area contributed by atoms with Gasteiger partial charge in [-0.2, -0.15) is 0 Å². The van der Waals surface area contributed by atoms with Crippen molar-refractivity contribution in [2.45, 2.75) is 25.3 Å². The number of likely N-dealkylation sites (tertiary alicyclic amines) is 1. The van der Waals surface area contributed by atoms with Gasteiger partial charge in [0.25, 0.3) is 0 Å². The standard InChI is InChI=1S/C22H28N4O.HI/c1-23-22(26-15-13-20(17-26)19-10-6-3-7-11-19)24-14-12-21(27)25-16-18-8-4-2-5-9-18;/h2-11,20H,12-17H2,1H3,(H,23,24)(H,25,27);1H. The van der Waals surface area contributed by atoms with Crippen molar-refractivity contribution >= 4 is 35.8 Å². The molecule has 150 valence electrons. The van der Waals surface area contributed by atoms with Crippen molar-refractivity contribution in [3.63, 3.8) is 0 Å². The van der Waals surface area contributed by atoms with Gasteiger partial charge < -0.3 is 15.5 Å². The van der Waals surface area contributed by atoms with Gasteiger partial charge in [-0.25, -0.2) is 0 Å². The highest BCUT2D eigenvalue weighted by atomic mass is 127. The van der Waals surface area contributed by atoms with Crippen LogP contribution < -0.4 is 10.6 Å². The second-order valence-corrected chi connectivity index (χ2v) is 6.83. The van der Waals surface area contributed by atoms with Crippen molar-refractivity contribution in [3.05, 3.63) is 71.8 Å². The molecule has 0 radical (unpaired) electrons. The van der Waals surface area contributed by atoms with Crippen LogP contribution in [0.3, 0.4) is 0 Å². The smallest absolute Gasteiger partial charge is 0.222 e. The molecular weight excluding hydrogens is 463 g/mol. The first kappa shape index (κ1) is 22.2. The number of benzene rings is 2. The van der Waals surface area contributed by atoms with Gasteiger partial charge in [-0.1, -0.05) is 60.7 Å². The van der Waals surface area contributed by atoms with Gasteiger partial charge in [0.2, 0.25) is 5.91 Å². The van der Waals surface area contributed by atoms with E-state index < -0.39 is 0 Å². The van der Waals surface area contributed by atoms with Crippen LogP contribution in [0.1, 0.15) is 29.9 Å². The predicted molar refractivity (Wildman–Crippen MR) is 125 cm³/mol. The molecule has 28 heavy (non-hydrogen) atoms. The molecule has 3 rings (SSSR count). The molecule has 0 saturated carbocycles. The number of aliphatic imine (C=N–C) groups is 1. The number of guanidine groups is 1. The Bertz CT molecular complexity index is 752. The lowest BCUT2D eigenvalue weighted by Gasteiger charge is -2.21. The summed E-state index contributed by atoms with van der Waals surface area (Å²) in [7, 11) is 1.80. The lowest BCUT2D eigenvalue weighted by Crippen LogP contribution is -2.41. The fourth-order valence-corrected chi connectivity index (χ4v) is 3.45. The minimum absolute atomic E-state index is 0. The maximum Gasteiger partial charge on any atom is 0.222 e. The third kappa shape index (κ3) is 6.51. The number of nitrogens with one attached hydrogen (secondary N) is 2. The molecule has 1 unspecified atom stereocenters. The number of nitrogens with zero attached hydrogens (tertiary/aromatic N) is 2. The van der Waals surface area contributed by atoms with E-state index in [0.717, 1.165) is 31.0 Å². The molecule has 1 amide bonds. The highest BCUT2D eigenvalue weighted by molar-refractivity contribution is 14.0. The van der Waals surface area contributed by atoms with Crippen molar-refractivity contribution in [3.8, 4) is 0 Å². The minimum atomic E-state index is 0. The molecule has 2 N–H and O–H groups in total. The summed E-state index contributed by atoms with van der Waals surface area (Å²) >= 11 is 0. The van der Waals surface area contributed by atoms with E-state index in [2.05, 4.69) is 50.9 Å². The third-order valence-corrected chi connectivity index (χ3v) is 4.94. The summed E-state index contributed by atoms with van der Waals surface area (Å²) < 4.78 is 0. The molecule has 0 bridgehead atoms. The highest BCUT2D eigenvalue weighted by Gasteiger charge is 2.25. The number of carbonyl (C=O) groups is 1. The molecule has 0 aliphatic carbocycles. The van der Waals surface area contributed by atoms with Gasteiger partial charge >= 0.3 is 0 Å². The zero-order valence-corrected chi connectivity index (χ0v) is 18.6. The van der Waals surface area contributed by atoms with E-state index in [4.69, 9.17) is 0 Å². The first-order chi connectivity index (χ1) is 13.3. The fourth-order valence-electron chi connectivity index (χ4n) is 3.45. The molecule has 1 fully saturated rings. The maximum absolute atomic E-state index is 12.0. The lowest BCUT2D eigenvalue weighted by molar-refractivity contribution is -0.121. The van der Waals surface area contributed by atoms with Crippen LogP contribution in [0.2, 0.25) is 0 Å². The first-order valence-corrected chi connectivity index (χ1v) is 9.57. The fraction of sp³-hybridized carbons (Fsp3) is 0.364. The molecule has 2 aromatic carbocycles. The zero-order chi connectivity index (χ0) is 18.9. The van der Waals surface area contributed by atoms with Crippen molar-refractivity contribution in [2.24, 2.45) is 4.99 Å². The molecule has 5 nitrogen and oxygen atoms in total. The molecule has 0 spiro atoms. The van der Waals surface area contributed by atoms with Gasteiger partial charge in [0.15, 0.2) is 5.96 Å². The van der Waals surface area contributed by atoms with E-state index in [1.165, 1.54) is 5.56 Å². The summed E-state index contributed by atoms with van der Waals surface area (Å²) in [4.78, 5) is 18.7. The summed E-state index contributed by atoms with van der Waals surface area (Å²) in [6.07, 6.45) is 1.56. The van der Waals surface area contributed by atoms with Crippen molar-refractivity contribution in [1.29, 1.82) is 0 Å². The molecule has 2 aromatic rings. The van der Waals surface area contributed by atoms with Crippen LogP contribution in [0, 0.1) is 0 Å². The van der Waals surface area contributed by atoms with Gasteiger partial charge in [0, 0.05) is 45.6 Å². The topological polar surface area (TPSA) is 56.7 Å². The van der Waals surface area contributed by atoms with E-state index in [1.54, 1.807) is 7.05 Å². The normalized spacial score (nSPS) is 16.4. The van der Waals surface area contributed by atoms with E-state index in [0.29, 0.717) is 25.4 Å². The Morgan fingerprint density at radius 1 is 1.07 bits per heavy atom. The van der Waals surface area contributed by atoms with Crippen LogP contribution in [0.25, 0.3) is 0 Å². The summed E-state index contributed by atoms with van der Waals surface area (Å²) in [6, 6.07) is 20.6. The van der Waals surface area contributed by atoms with Crippen LogP contribution in [0.4, 0.5) is 0 Å². The van der Waals surface area contributed by atoms with Crippen LogP contribution in [-0.2, 0) is 11.3 Å². The van der Waals surface area contributed by atoms with Crippen molar-refractivity contribution in [2.75, 3.05) is 26.7 Å². The molecule has 1 aliphatic heterocycles.